The number of nitrogens with zero attached hydrogens (tertiary/aromatic N) is 4. The average molecular weight is 578 g/mol. The lowest BCUT2D eigenvalue weighted by Gasteiger charge is -2.36. The lowest BCUT2D eigenvalue weighted by molar-refractivity contribution is -0.137. The molecule has 4 rings (SSSR count). The molecule has 0 aliphatic carbocycles. The number of methoxy groups -OCH3 is 2. The highest BCUT2D eigenvalue weighted by molar-refractivity contribution is 7.09. The van der Waals surface area contributed by atoms with Crippen molar-refractivity contribution in [1.29, 1.82) is 0 Å². The molecule has 0 bridgehead atoms. The molecule has 3 aromatic rings. The molecule has 3 amide bonds. The predicted molar refractivity (Wildman–Crippen MR) is 146 cm³/mol. The first-order valence-corrected chi connectivity index (χ1v) is 13.4. The molecule has 1 saturated heterocycles. The minimum atomic E-state index is -4.41. The molecule has 40 heavy (non-hydrogen) atoms. The zero-order chi connectivity index (χ0) is 28.7. The van der Waals surface area contributed by atoms with Crippen molar-refractivity contribution >= 4 is 34.6 Å². The van der Waals surface area contributed by atoms with Crippen molar-refractivity contribution in [2.24, 2.45) is 0 Å². The average Bonchev–Trinajstić information content (AvgIpc) is 3.43. The Morgan fingerprint density at radius 3 is 2.45 bits per heavy atom. The number of amides is 3. The summed E-state index contributed by atoms with van der Waals surface area (Å²) in [6, 6.07) is 11.8. The molecule has 2 heterocycles. The van der Waals surface area contributed by atoms with Gasteiger partial charge < -0.3 is 29.5 Å². The van der Waals surface area contributed by atoms with Crippen LogP contribution >= 0.6 is 11.3 Å². The van der Waals surface area contributed by atoms with Crippen molar-refractivity contribution in [2.45, 2.75) is 12.7 Å². The molecule has 0 unspecified atom stereocenters. The van der Waals surface area contributed by atoms with Gasteiger partial charge in [0.05, 0.1) is 25.8 Å². The van der Waals surface area contributed by atoms with E-state index in [9.17, 15) is 22.8 Å². The van der Waals surface area contributed by atoms with E-state index < -0.39 is 11.7 Å². The van der Waals surface area contributed by atoms with E-state index in [2.05, 4.69) is 10.3 Å². The molecule has 0 radical (unpaired) electrons. The highest BCUT2D eigenvalue weighted by Gasteiger charge is 2.31. The van der Waals surface area contributed by atoms with Crippen LogP contribution in [0, 0.1) is 0 Å². The molecule has 1 N–H and O–H groups in total. The molecule has 214 valence electrons. The number of carbonyl (C=O) groups excluding carboxylic acids is 2. The number of anilines is 2. The maximum atomic E-state index is 13.1. The summed E-state index contributed by atoms with van der Waals surface area (Å²) >= 11 is 1.28. The van der Waals surface area contributed by atoms with Crippen LogP contribution in [0.4, 0.5) is 29.3 Å². The number of benzene rings is 2. The summed E-state index contributed by atoms with van der Waals surface area (Å²) in [5.41, 5.74) is 0.653. The van der Waals surface area contributed by atoms with Crippen LogP contribution in [0.3, 0.4) is 0 Å². The minimum Gasteiger partial charge on any atom is -0.497 e. The topological polar surface area (TPSA) is 87.2 Å². The summed E-state index contributed by atoms with van der Waals surface area (Å²) in [7, 11) is 3.11. The summed E-state index contributed by atoms with van der Waals surface area (Å²) in [5.74, 6) is 0.420. The smallest absolute Gasteiger partial charge is 0.416 e. The van der Waals surface area contributed by atoms with Crippen molar-refractivity contribution < 1.29 is 32.2 Å². The van der Waals surface area contributed by atoms with E-state index in [-0.39, 0.29) is 24.2 Å². The van der Waals surface area contributed by atoms with Gasteiger partial charge in [0.1, 0.15) is 16.5 Å². The number of hydrogen-bond donors (Lipinski definition) is 1. The fourth-order valence-corrected chi connectivity index (χ4v) is 4.97. The zero-order valence-corrected chi connectivity index (χ0v) is 22.9. The number of aromatic nitrogens is 1. The maximum absolute atomic E-state index is 13.1. The molecule has 1 fully saturated rings. The van der Waals surface area contributed by atoms with Crippen LogP contribution in [0.15, 0.2) is 53.9 Å². The first-order valence-electron chi connectivity index (χ1n) is 12.5. The number of urea groups is 1. The number of ether oxygens (including phenoxy) is 2. The number of thiazole rings is 1. The monoisotopic (exact) mass is 577 g/mol. The van der Waals surface area contributed by atoms with E-state index in [4.69, 9.17) is 9.47 Å². The normalized spacial score (nSPS) is 13.7. The fourth-order valence-electron chi connectivity index (χ4n) is 4.18. The summed E-state index contributed by atoms with van der Waals surface area (Å²) in [4.78, 5) is 35.6. The molecule has 9 nitrogen and oxygen atoms in total. The van der Waals surface area contributed by atoms with E-state index in [1.165, 1.54) is 17.4 Å². The Balaban J connectivity index is 1.35. The number of carbonyl (C=O) groups is 2. The van der Waals surface area contributed by atoms with Crippen molar-refractivity contribution in [3.63, 3.8) is 0 Å². The van der Waals surface area contributed by atoms with Crippen molar-refractivity contribution in [2.75, 3.05) is 63.8 Å². The van der Waals surface area contributed by atoms with Crippen LogP contribution in [0.2, 0.25) is 0 Å². The van der Waals surface area contributed by atoms with Crippen molar-refractivity contribution in [1.82, 2.24) is 14.8 Å². The van der Waals surface area contributed by atoms with Gasteiger partial charge >= 0.3 is 12.2 Å². The molecule has 0 saturated carbocycles. The summed E-state index contributed by atoms with van der Waals surface area (Å²) in [5, 5.41) is 5.09. The van der Waals surface area contributed by atoms with E-state index in [0.717, 1.165) is 12.1 Å². The second-order valence-corrected chi connectivity index (χ2v) is 9.97. The molecule has 0 atom stereocenters. The number of alkyl halides is 3. The fraction of sp³-hybridized carbons (Fsp3) is 0.370. The van der Waals surface area contributed by atoms with Gasteiger partial charge in [-0.1, -0.05) is 6.07 Å². The van der Waals surface area contributed by atoms with Gasteiger partial charge in [0, 0.05) is 56.6 Å². The summed E-state index contributed by atoms with van der Waals surface area (Å²) in [6.45, 7) is 2.34. The molecule has 13 heteroatoms. The number of nitrogens with one attached hydrogen (secondary N) is 1. The number of hydrogen-bond acceptors (Lipinski definition) is 7. The molecule has 0 spiro atoms. The SMILES string of the molecule is COCCN(Cc1nc(C(=O)N2CCN(c3cccc(C(F)(F)F)c3)CC2)cs1)C(=O)Nc1ccc(OC)cc1. The van der Waals surface area contributed by atoms with Gasteiger partial charge in [-0.25, -0.2) is 9.78 Å². The Morgan fingerprint density at radius 2 is 1.80 bits per heavy atom. The van der Waals surface area contributed by atoms with Gasteiger partial charge in [-0.05, 0) is 42.5 Å². The zero-order valence-electron chi connectivity index (χ0n) is 22.1. The Bertz CT molecular complexity index is 1290. The van der Waals surface area contributed by atoms with E-state index in [1.807, 2.05) is 4.90 Å². The molecule has 2 aromatic carbocycles. The number of rotatable bonds is 9. The third-order valence-electron chi connectivity index (χ3n) is 6.40. The molecule has 1 aliphatic rings. The van der Waals surface area contributed by atoms with Crippen LogP contribution < -0.4 is 15.0 Å². The number of piperazine rings is 1. The van der Waals surface area contributed by atoms with Gasteiger partial charge in [0.25, 0.3) is 5.91 Å². The Kier molecular flexibility index (Phi) is 9.48. The van der Waals surface area contributed by atoms with Crippen LogP contribution in [-0.2, 0) is 17.5 Å². The Labute approximate surface area is 234 Å². The highest BCUT2D eigenvalue weighted by atomic mass is 32.1. The van der Waals surface area contributed by atoms with Crippen LogP contribution in [0.1, 0.15) is 21.1 Å². The standard InChI is InChI=1S/C27H30F3N5O4S/c1-38-15-14-35(26(37)31-20-6-8-22(39-2)9-7-20)17-24-32-23(18-40-24)25(36)34-12-10-33(11-13-34)21-5-3-4-19(16-21)27(28,29)30/h3-9,16,18H,10-15,17H2,1-2H3,(H,31,37). The third-order valence-corrected chi connectivity index (χ3v) is 7.23. The van der Waals surface area contributed by atoms with Crippen molar-refractivity contribution in [3.05, 3.63) is 70.2 Å². The molecular weight excluding hydrogens is 547 g/mol. The minimum absolute atomic E-state index is 0.187. The molecule has 1 aliphatic heterocycles. The first kappa shape index (κ1) is 29.2. The molecule has 1 aromatic heterocycles. The largest absolute Gasteiger partial charge is 0.497 e. The van der Waals surface area contributed by atoms with Gasteiger partial charge in [-0.15, -0.1) is 11.3 Å². The van der Waals surface area contributed by atoms with Gasteiger partial charge in [0.2, 0.25) is 0 Å². The Hall–Kier alpha value is -3.84. The van der Waals surface area contributed by atoms with E-state index in [0.29, 0.717) is 61.5 Å². The second kappa shape index (κ2) is 13.0. The van der Waals surface area contributed by atoms with E-state index in [1.54, 1.807) is 59.7 Å². The van der Waals surface area contributed by atoms with Crippen molar-refractivity contribution in [3.8, 4) is 5.75 Å². The molecular formula is C27H30F3N5O4S. The van der Waals surface area contributed by atoms with Gasteiger partial charge in [-0.2, -0.15) is 13.2 Å². The Morgan fingerprint density at radius 1 is 1.07 bits per heavy atom. The predicted octanol–water partition coefficient (Wildman–Crippen LogP) is 4.81. The van der Waals surface area contributed by atoms with Gasteiger partial charge in [0.15, 0.2) is 0 Å². The second-order valence-electron chi connectivity index (χ2n) is 9.03. The highest BCUT2D eigenvalue weighted by Crippen LogP contribution is 2.32. The summed E-state index contributed by atoms with van der Waals surface area (Å²) in [6.07, 6.45) is -4.41. The summed E-state index contributed by atoms with van der Waals surface area (Å²) < 4.78 is 49.6. The van der Waals surface area contributed by atoms with E-state index >= 15 is 0 Å². The maximum Gasteiger partial charge on any atom is 0.416 e. The third kappa shape index (κ3) is 7.42. The lowest BCUT2D eigenvalue weighted by Crippen LogP contribution is -2.49. The first-order chi connectivity index (χ1) is 19.2. The number of halogens is 3. The quantitative estimate of drug-likeness (QED) is 0.393. The van der Waals surface area contributed by atoms with Crippen LogP contribution in [-0.4, -0.2) is 80.3 Å². The van der Waals surface area contributed by atoms with Gasteiger partial charge in [-0.3, -0.25) is 4.79 Å². The van der Waals surface area contributed by atoms with Crippen LogP contribution in [0.5, 0.6) is 5.75 Å². The lowest BCUT2D eigenvalue weighted by atomic mass is 10.1. The van der Waals surface area contributed by atoms with Crippen LogP contribution in [0.25, 0.3) is 0 Å².